The van der Waals surface area contributed by atoms with Crippen LogP contribution in [-0.4, -0.2) is 24.5 Å². The molecule has 1 aliphatic heterocycles. The number of anilines is 1. The van der Waals surface area contributed by atoms with Gasteiger partial charge in [0.15, 0.2) is 0 Å². The van der Waals surface area contributed by atoms with E-state index in [1.807, 2.05) is 44.2 Å². The number of para-hydroxylation sites is 1. The average Bonchev–Trinajstić information content (AvgIpc) is 2.60. The number of rotatable bonds is 2. The molecule has 0 radical (unpaired) electrons. The molecule has 2 rings (SSSR count). The van der Waals surface area contributed by atoms with Gasteiger partial charge in [-0.3, -0.25) is 4.79 Å². The van der Waals surface area contributed by atoms with Crippen molar-refractivity contribution >= 4 is 17.6 Å². The zero-order valence-electron chi connectivity index (χ0n) is 9.47. The van der Waals surface area contributed by atoms with Crippen molar-refractivity contribution in [3.8, 4) is 0 Å². The Kier molecular flexibility index (Phi) is 2.90. The quantitative estimate of drug-likeness (QED) is 0.813. The maximum atomic E-state index is 11.7. The Hall–Kier alpha value is -1.84. The Morgan fingerprint density at radius 1 is 1.31 bits per heavy atom. The van der Waals surface area contributed by atoms with Crippen LogP contribution in [0.3, 0.4) is 0 Å². The third kappa shape index (κ3) is 2.05. The van der Waals surface area contributed by atoms with E-state index in [1.165, 1.54) is 0 Å². The third-order valence-corrected chi connectivity index (χ3v) is 2.26. The summed E-state index contributed by atoms with van der Waals surface area (Å²) < 4.78 is 0. The fourth-order valence-corrected chi connectivity index (χ4v) is 1.61. The smallest absolute Gasteiger partial charge is 0.255 e. The lowest BCUT2D eigenvalue weighted by molar-refractivity contribution is -0.115. The van der Waals surface area contributed by atoms with Crippen molar-refractivity contribution in [1.82, 2.24) is 5.32 Å². The van der Waals surface area contributed by atoms with Gasteiger partial charge in [0, 0.05) is 6.04 Å². The van der Waals surface area contributed by atoms with Gasteiger partial charge in [-0.2, -0.15) is 0 Å². The first-order chi connectivity index (χ1) is 7.68. The highest BCUT2D eigenvalue weighted by molar-refractivity contribution is 6.20. The van der Waals surface area contributed by atoms with Gasteiger partial charge in [-0.1, -0.05) is 18.2 Å². The minimum Gasteiger partial charge on any atom is -0.353 e. The summed E-state index contributed by atoms with van der Waals surface area (Å²) in [5.74, 6) is 0.653. The van der Waals surface area contributed by atoms with E-state index in [2.05, 4.69) is 10.3 Å². The van der Waals surface area contributed by atoms with Crippen molar-refractivity contribution < 1.29 is 4.79 Å². The summed E-state index contributed by atoms with van der Waals surface area (Å²) in [4.78, 5) is 17.6. The van der Waals surface area contributed by atoms with Crippen molar-refractivity contribution in [1.29, 1.82) is 0 Å². The van der Waals surface area contributed by atoms with Gasteiger partial charge in [-0.25, -0.2) is 9.89 Å². The lowest BCUT2D eigenvalue weighted by Gasteiger charge is -2.20. The Morgan fingerprint density at radius 2 is 2.00 bits per heavy atom. The monoisotopic (exact) mass is 217 g/mol. The number of amides is 1. The molecule has 0 unspecified atom stereocenters. The van der Waals surface area contributed by atoms with Crippen LogP contribution >= 0.6 is 0 Å². The molecule has 0 aromatic heterocycles. The van der Waals surface area contributed by atoms with E-state index in [0.29, 0.717) is 5.96 Å². The van der Waals surface area contributed by atoms with Gasteiger partial charge in [0.25, 0.3) is 5.91 Å². The minimum atomic E-state index is 0.00866. The van der Waals surface area contributed by atoms with E-state index in [1.54, 1.807) is 4.90 Å². The Labute approximate surface area is 95.0 Å². The normalized spacial score (nSPS) is 15.6. The fraction of sp³-hybridized carbons (Fsp3) is 0.333. The average molecular weight is 217 g/mol. The number of aliphatic imine (C=N–C) groups is 1. The molecule has 0 fully saturated rings. The molecule has 0 saturated carbocycles. The largest absolute Gasteiger partial charge is 0.353 e. The molecule has 1 aromatic rings. The SMILES string of the molecule is CC(C)NC1=NCC(=O)N1c1ccccc1. The second-order valence-corrected chi connectivity index (χ2v) is 4.00. The van der Waals surface area contributed by atoms with Crippen LogP contribution in [0.15, 0.2) is 35.3 Å². The van der Waals surface area contributed by atoms with Gasteiger partial charge >= 0.3 is 0 Å². The van der Waals surface area contributed by atoms with Crippen LogP contribution in [0, 0.1) is 0 Å². The summed E-state index contributed by atoms with van der Waals surface area (Å²) >= 11 is 0. The minimum absolute atomic E-state index is 0.00866. The molecule has 0 atom stereocenters. The molecule has 0 bridgehead atoms. The molecule has 4 nitrogen and oxygen atoms in total. The van der Waals surface area contributed by atoms with Gasteiger partial charge in [-0.05, 0) is 26.0 Å². The lowest BCUT2D eigenvalue weighted by Crippen LogP contribution is -2.44. The molecule has 0 spiro atoms. The molecule has 16 heavy (non-hydrogen) atoms. The molecular formula is C12H15N3O. The number of hydrogen-bond donors (Lipinski definition) is 1. The maximum absolute atomic E-state index is 11.7. The van der Waals surface area contributed by atoms with Gasteiger partial charge in [0.1, 0.15) is 6.54 Å². The van der Waals surface area contributed by atoms with Crippen LogP contribution in [0.1, 0.15) is 13.8 Å². The summed E-state index contributed by atoms with van der Waals surface area (Å²) in [6.45, 7) is 4.27. The molecule has 1 aromatic carbocycles. The van der Waals surface area contributed by atoms with Crippen LogP contribution in [0.5, 0.6) is 0 Å². The third-order valence-electron chi connectivity index (χ3n) is 2.26. The molecule has 84 valence electrons. The van der Waals surface area contributed by atoms with Crippen molar-refractivity contribution in [2.24, 2.45) is 4.99 Å². The number of nitrogens with one attached hydrogen (secondary N) is 1. The number of carbonyl (C=O) groups is 1. The zero-order valence-corrected chi connectivity index (χ0v) is 9.47. The molecular weight excluding hydrogens is 202 g/mol. The van der Waals surface area contributed by atoms with Crippen molar-refractivity contribution in [2.75, 3.05) is 11.4 Å². The number of hydrogen-bond acceptors (Lipinski definition) is 3. The Bertz CT molecular complexity index is 412. The summed E-state index contributed by atoms with van der Waals surface area (Å²) in [6, 6.07) is 9.82. The first kappa shape index (κ1) is 10.7. The Morgan fingerprint density at radius 3 is 2.62 bits per heavy atom. The standard InChI is InChI=1S/C12H15N3O/c1-9(2)14-12-13-8-11(16)15(12)10-6-4-3-5-7-10/h3-7,9H,8H2,1-2H3,(H,13,14). The summed E-state index contributed by atoms with van der Waals surface area (Å²) in [5.41, 5.74) is 0.858. The summed E-state index contributed by atoms with van der Waals surface area (Å²) in [6.07, 6.45) is 0. The molecule has 1 aliphatic rings. The van der Waals surface area contributed by atoms with Crippen molar-refractivity contribution in [2.45, 2.75) is 19.9 Å². The predicted molar refractivity (Wildman–Crippen MR) is 64.5 cm³/mol. The van der Waals surface area contributed by atoms with Crippen molar-refractivity contribution in [3.05, 3.63) is 30.3 Å². The first-order valence-corrected chi connectivity index (χ1v) is 5.37. The van der Waals surface area contributed by atoms with Gasteiger partial charge in [0.2, 0.25) is 5.96 Å². The highest BCUT2D eigenvalue weighted by Gasteiger charge is 2.26. The van der Waals surface area contributed by atoms with Crippen LogP contribution in [-0.2, 0) is 4.79 Å². The lowest BCUT2D eigenvalue weighted by atomic mass is 10.3. The number of nitrogens with zero attached hydrogens (tertiary/aromatic N) is 2. The zero-order chi connectivity index (χ0) is 11.5. The second kappa shape index (κ2) is 4.35. The van der Waals surface area contributed by atoms with Crippen LogP contribution < -0.4 is 10.2 Å². The van der Waals surface area contributed by atoms with E-state index in [-0.39, 0.29) is 18.5 Å². The molecule has 1 heterocycles. The molecule has 4 heteroatoms. The van der Waals surface area contributed by atoms with Crippen LogP contribution in [0.2, 0.25) is 0 Å². The van der Waals surface area contributed by atoms with E-state index in [4.69, 9.17) is 0 Å². The second-order valence-electron chi connectivity index (χ2n) is 4.00. The van der Waals surface area contributed by atoms with Crippen LogP contribution in [0.25, 0.3) is 0 Å². The van der Waals surface area contributed by atoms with E-state index in [0.717, 1.165) is 5.69 Å². The highest BCUT2D eigenvalue weighted by Crippen LogP contribution is 2.17. The predicted octanol–water partition coefficient (Wildman–Crippen LogP) is 1.39. The van der Waals surface area contributed by atoms with E-state index in [9.17, 15) is 4.79 Å². The maximum Gasteiger partial charge on any atom is 0.255 e. The fourth-order valence-electron chi connectivity index (χ4n) is 1.61. The number of carbonyl (C=O) groups excluding carboxylic acids is 1. The molecule has 1 N–H and O–H groups in total. The van der Waals surface area contributed by atoms with E-state index >= 15 is 0 Å². The summed E-state index contributed by atoms with van der Waals surface area (Å²) in [7, 11) is 0. The molecule has 0 saturated heterocycles. The molecule has 0 aliphatic carbocycles. The van der Waals surface area contributed by atoms with Crippen LogP contribution in [0.4, 0.5) is 5.69 Å². The van der Waals surface area contributed by atoms with Crippen molar-refractivity contribution in [3.63, 3.8) is 0 Å². The highest BCUT2D eigenvalue weighted by atomic mass is 16.2. The number of benzene rings is 1. The van der Waals surface area contributed by atoms with Gasteiger partial charge in [-0.15, -0.1) is 0 Å². The topological polar surface area (TPSA) is 44.7 Å². The summed E-state index contributed by atoms with van der Waals surface area (Å²) in [5, 5.41) is 3.18. The molecule has 1 amide bonds. The van der Waals surface area contributed by atoms with E-state index < -0.39 is 0 Å². The van der Waals surface area contributed by atoms with Gasteiger partial charge in [0.05, 0.1) is 5.69 Å². The number of guanidine groups is 1. The Balaban J connectivity index is 2.25. The van der Waals surface area contributed by atoms with Gasteiger partial charge < -0.3 is 5.32 Å². The first-order valence-electron chi connectivity index (χ1n) is 5.37.